The number of amides is 4. The van der Waals surface area contributed by atoms with Gasteiger partial charge in [-0.3, -0.25) is 14.9 Å². The molecule has 178 valence electrons. The number of nitrogens with zero attached hydrogens (tertiary/aromatic N) is 1. The number of barbiturate groups is 1. The summed E-state index contributed by atoms with van der Waals surface area (Å²) in [5.74, 6) is -0.739. The Morgan fingerprint density at radius 3 is 2.46 bits per heavy atom. The molecule has 1 fully saturated rings. The zero-order chi connectivity index (χ0) is 24.9. The molecule has 0 unspecified atom stereocenters. The zero-order valence-corrected chi connectivity index (χ0v) is 19.2. The van der Waals surface area contributed by atoms with Crippen LogP contribution in [0.25, 0.3) is 6.08 Å². The van der Waals surface area contributed by atoms with E-state index in [0.29, 0.717) is 35.8 Å². The van der Waals surface area contributed by atoms with Crippen molar-refractivity contribution in [2.75, 3.05) is 18.6 Å². The van der Waals surface area contributed by atoms with Crippen molar-refractivity contribution in [3.05, 3.63) is 94.8 Å². The molecule has 1 saturated heterocycles. The fraction of sp³-hybridized carbons (Fsp3) is 0.148. The number of carbonyl (C=O) groups is 3. The molecule has 8 heteroatoms. The number of hydrogen-bond acceptors (Lipinski definition) is 5. The molecule has 0 atom stereocenters. The molecule has 4 amide bonds. The third-order valence-corrected chi connectivity index (χ3v) is 5.41. The first-order valence-electron chi connectivity index (χ1n) is 10.9. The third-order valence-electron chi connectivity index (χ3n) is 5.41. The normalized spacial score (nSPS) is 14.8. The summed E-state index contributed by atoms with van der Waals surface area (Å²) in [6.45, 7) is 2.33. The van der Waals surface area contributed by atoms with Crippen LogP contribution in [0, 0.1) is 5.82 Å². The number of imide groups is 2. The molecule has 0 aromatic heterocycles. The van der Waals surface area contributed by atoms with Crippen LogP contribution in [0.1, 0.15) is 23.6 Å². The van der Waals surface area contributed by atoms with Crippen LogP contribution in [0.3, 0.4) is 0 Å². The van der Waals surface area contributed by atoms with Crippen LogP contribution in [-0.4, -0.2) is 31.6 Å². The zero-order valence-electron chi connectivity index (χ0n) is 19.2. The van der Waals surface area contributed by atoms with Gasteiger partial charge in [0.15, 0.2) is 0 Å². The number of nitrogens with one attached hydrogen (secondary N) is 1. The highest BCUT2D eigenvalue weighted by atomic mass is 19.1. The number of methoxy groups -OCH3 is 1. The second-order valence-corrected chi connectivity index (χ2v) is 7.76. The molecule has 4 rings (SSSR count). The minimum absolute atomic E-state index is 0.196. The van der Waals surface area contributed by atoms with Crippen LogP contribution in [0.4, 0.5) is 14.9 Å². The molecule has 0 aliphatic carbocycles. The first kappa shape index (κ1) is 23.7. The van der Waals surface area contributed by atoms with Crippen LogP contribution in [0.5, 0.6) is 11.5 Å². The predicted molar refractivity (Wildman–Crippen MR) is 129 cm³/mol. The number of ether oxygens (including phenoxy) is 2. The van der Waals surface area contributed by atoms with E-state index < -0.39 is 17.8 Å². The van der Waals surface area contributed by atoms with E-state index in [2.05, 4.69) is 5.32 Å². The first-order chi connectivity index (χ1) is 16.9. The molecule has 3 aromatic rings. The van der Waals surface area contributed by atoms with Crippen LogP contribution in [0.2, 0.25) is 0 Å². The van der Waals surface area contributed by atoms with Crippen molar-refractivity contribution in [3.8, 4) is 11.5 Å². The van der Waals surface area contributed by atoms with Gasteiger partial charge in [0.1, 0.15) is 22.9 Å². The SMILES string of the molecule is CCOc1ccc(N2C(=O)NC(=O)/C(=C\c3ccc(Cc4cccc(F)c4)c(OC)c3)C2=O)cc1. The van der Waals surface area contributed by atoms with Crippen molar-refractivity contribution in [1.29, 1.82) is 0 Å². The van der Waals surface area contributed by atoms with E-state index in [1.165, 1.54) is 25.3 Å². The molecule has 0 radical (unpaired) electrons. The third kappa shape index (κ3) is 5.22. The number of urea groups is 1. The van der Waals surface area contributed by atoms with E-state index in [1.54, 1.807) is 48.5 Å². The number of rotatable bonds is 7. The summed E-state index contributed by atoms with van der Waals surface area (Å²) in [4.78, 5) is 39.0. The van der Waals surface area contributed by atoms with Gasteiger partial charge in [0.25, 0.3) is 11.8 Å². The van der Waals surface area contributed by atoms with Crippen molar-refractivity contribution < 1.29 is 28.2 Å². The maximum Gasteiger partial charge on any atom is 0.335 e. The molecule has 0 saturated carbocycles. The summed E-state index contributed by atoms with van der Waals surface area (Å²) in [5.41, 5.74) is 2.23. The summed E-state index contributed by atoms with van der Waals surface area (Å²) in [6, 6.07) is 17.1. The average molecular weight is 474 g/mol. The van der Waals surface area contributed by atoms with Crippen LogP contribution >= 0.6 is 0 Å². The van der Waals surface area contributed by atoms with Crippen molar-refractivity contribution in [2.24, 2.45) is 0 Å². The summed E-state index contributed by atoms with van der Waals surface area (Å²) in [7, 11) is 1.51. The fourth-order valence-electron chi connectivity index (χ4n) is 3.78. The van der Waals surface area contributed by atoms with Gasteiger partial charge in [-0.15, -0.1) is 0 Å². The van der Waals surface area contributed by atoms with Gasteiger partial charge in [-0.05, 0) is 72.2 Å². The summed E-state index contributed by atoms with van der Waals surface area (Å²) in [6.07, 6.45) is 1.84. The Morgan fingerprint density at radius 2 is 1.77 bits per heavy atom. The van der Waals surface area contributed by atoms with Gasteiger partial charge in [-0.25, -0.2) is 14.1 Å². The molecule has 7 nitrogen and oxygen atoms in total. The maximum atomic E-state index is 13.5. The second-order valence-electron chi connectivity index (χ2n) is 7.76. The van der Waals surface area contributed by atoms with Crippen molar-refractivity contribution in [3.63, 3.8) is 0 Å². The second kappa shape index (κ2) is 10.2. The average Bonchev–Trinajstić information content (AvgIpc) is 2.83. The van der Waals surface area contributed by atoms with E-state index in [0.717, 1.165) is 16.0 Å². The molecule has 1 N–H and O–H groups in total. The molecule has 3 aromatic carbocycles. The minimum atomic E-state index is -0.829. The maximum absolute atomic E-state index is 13.5. The van der Waals surface area contributed by atoms with Gasteiger partial charge in [0.2, 0.25) is 0 Å². The molecule has 1 aliphatic heterocycles. The van der Waals surface area contributed by atoms with Gasteiger partial charge in [-0.2, -0.15) is 0 Å². The Hall–Kier alpha value is -4.46. The highest BCUT2D eigenvalue weighted by Gasteiger charge is 2.36. The Labute approximate surface area is 201 Å². The van der Waals surface area contributed by atoms with E-state index in [1.807, 2.05) is 13.0 Å². The molecule has 0 bridgehead atoms. The molecule has 1 heterocycles. The predicted octanol–water partition coefficient (Wildman–Crippen LogP) is 4.49. The lowest BCUT2D eigenvalue weighted by molar-refractivity contribution is -0.122. The Balaban J connectivity index is 1.62. The quantitative estimate of drug-likeness (QED) is 0.403. The Kier molecular flexibility index (Phi) is 6.91. The van der Waals surface area contributed by atoms with Gasteiger partial charge in [-0.1, -0.05) is 24.3 Å². The molecule has 1 aliphatic rings. The van der Waals surface area contributed by atoms with E-state index in [-0.39, 0.29) is 11.4 Å². The summed E-state index contributed by atoms with van der Waals surface area (Å²) >= 11 is 0. The highest BCUT2D eigenvalue weighted by molar-refractivity contribution is 6.39. The summed E-state index contributed by atoms with van der Waals surface area (Å²) in [5, 5.41) is 2.21. The number of benzene rings is 3. The largest absolute Gasteiger partial charge is 0.496 e. The van der Waals surface area contributed by atoms with Crippen LogP contribution in [-0.2, 0) is 16.0 Å². The Bertz CT molecular complexity index is 1320. The fourth-order valence-corrected chi connectivity index (χ4v) is 3.78. The molecule has 0 spiro atoms. The first-order valence-corrected chi connectivity index (χ1v) is 10.9. The number of hydrogen-bond donors (Lipinski definition) is 1. The molecular weight excluding hydrogens is 451 g/mol. The minimum Gasteiger partial charge on any atom is -0.496 e. The lowest BCUT2D eigenvalue weighted by Crippen LogP contribution is -2.54. The van der Waals surface area contributed by atoms with Crippen molar-refractivity contribution in [2.45, 2.75) is 13.3 Å². The van der Waals surface area contributed by atoms with Gasteiger partial charge in [0.05, 0.1) is 19.4 Å². The van der Waals surface area contributed by atoms with Crippen LogP contribution < -0.4 is 19.7 Å². The molecule has 35 heavy (non-hydrogen) atoms. The summed E-state index contributed by atoms with van der Waals surface area (Å²) < 4.78 is 24.4. The number of halogens is 1. The number of anilines is 1. The van der Waals surface area contributed by atoms with Crippen molar-refractivity contribution >= 4 is 29.6 Å². The van der Waals surface area contributed by atoms with Gasteiger partial charge >= 0.3 is 6.03 Å². The van der Waals surface area contributed by atoms with E-state index >= 15 is 0 Å². The highest BCUT2D eigenvalue weighted by Crippen LogP contribution is 2.27. The monoisotopic (exact) mass is 474 g/mol. The van der Waals surface area contributed by atoms with E-state index in [4.69, 9.17) is 9.47 Å². The topological polar surface area (TPSA) is 84.9 Å². The number of carbonyl (C=O) groups excluding carboxylic acids is 3. The van der Waals surface area contributed by atoms with E-state index in [9.17, 15) is 18.8 Å². The van der Waals surface area contributed by atoms with Gasteiger partial charge < -0.3 is 9.47 Å². The smallest absolute Gasteiger partial charge is 0.335 e. The molecular formula is C27H23FN2O5. The standard InChI is InChI=1S/C27H23FN2O5/c1-3-35-22-11-9-21(10-12-22)30-26(32)23(25(31)29-27(30)33)15-18-7-8-19(24(16-18)34-2)13-17-5-4-6-20(28)14-17/h4-12,14-16H,3,13H2,1-2H3,(H,29,31,33)/b23-15+. The van der Waals surface area contributed by atoms with Crippen molar-refractivity contribution in [1.82, 2.24) is 5.32 Å². The lowest BCUT2D eigenvalue weighted by Gasteiger charge is -2.26. The Morgan fingerprint density at radius 1 is 1.00 bits per heavy atom. The van der Waals surface area contributed by atoms with Crippen LogP contribution in [0.15, 0.2) is 72.3 Å². The lowest BCUT2D eigenvalue weighted by atomic mass is 10.0. The van der Waals surface area contributed by atoms with Gasteiger partial charge in [0, 0.05) is 6.42 Å².